The summed E-state index contributed by atoms with van der Waals surface area (Å²) in [4.78, 5) is 13.6. The first kappa shape index (κ1) is 13.6. The van der Waals surface area contributed by atoms with E-state index >= 15 is 0 Å². The predicted molar refractivity (Wildman–Crippen MR) is 67.9 cm³/mol. The van der Waals surface area contributed by atoms with Crippen molar-refractivity contribution in [3.8, 4) is 0 Å². The Morgan fingerprint density at radius 2 is 2.25 bits per heavy atom. The molecule has 0 radical (unpaired) electrons. The third kappa shape index (κ3) is 3.83. The van der Waals surface area contributed by atoms with E-state index in [2.05, 4.69) is 15.9 Å². The SMILES string of the molecule is CN(CCCCCCl)C(=O)c1ccoc1Br. The molecule has 0 unspecified atom stereocenters. The highest BCUT2D eigenvalue weighted by atomic mass is 79.9. The van der Waals surface area contributed by atoms with Crippen molar-refractivity contribution in [3.05, 3.63) is 22.6 Å². The lowest BCUT2D eigenvalue weighted by atomic mass is 10.2. The number of carbonyl (C=O) groups excluding carboxylic acids is 1. The van der Waals surface area contributed by atoms with Gasteiger partial charge in [-0.3, -0.25) is 4.79 Å². The van der Waals surface area contributed by atoms with Gasteiger partial charge in [-0.1, -0.05) is 6.42 Å². The summed E-state index contributed by atoms with van der Waals surface area (Å²) in [5, 5.41) is 0. The van der Waals surface area contributed by atoms with Crippen LogP contribution in [0.15, 0.2) is 21.4 Å². The molecule has 3 nitrogen and oxygen atoms in total. The number of hydrogen-bond donors (Lipinski definition) is 0. The third-order valence-corrected chi connectivity index (χ3v) is 3.20. The highest BCUT2D eigenvalue weighted by Crippen LogP contribution is 2.19. The lowest BCUT2D eigenvalue weighted by Crippen LogP contribution is -2.27. The molecular weight excluding hydrogens is 293 g/mol. The largest absolute Gasteiger partial charge is 0.457 e. The van der Waals surface area contributed by atoms with Gasteiger partial charge >= 0.3 is 0 Å². The Morgan fingerprint density at radius 3 is 2.81 bits per heavy atom. The van der Waals surface area contributed by atoms with Gasteiger partial charge in [0.15, 0.2) is 4.67 Å². The van der Waals surface area contributed by atoms with Gasteiger partial charge in [0.1, 0.15) is 0 Å². The van der Waals surface area contributed by atoms with Gasteiger partial charge in [0.25, 0.3) is 5.91 Å². The molecule has 1 aromatic heterocycles. The summed E-state index contributed by atoms with van der Waals surface area (Å²) in [5.41, 5.74) is 0.569. The predicted octanol–water partition coefficient (Wildman–Crippen LogP) is 3.52. The highest BCUT2D eigenvalue weighted by molar-refractivity contribution is 9.10. The topological polar surface area (TPSA) is 33.5 Å². The summed E-state index contributed by atoms with van der Waals surface area (Å²) in [6.07, 6.45) is 4.52. The molecule has 0 saturated heterocycles. The lowest BCUT2D eigenvalue weighted by molar-refractivity contribution is 0.0791. The second-order valence-electron chi connectivity index (χ2n) is 3.58. The number of hydrogen-bond acceptors (Lipinski definition) is 2. The van der Waals surface area contributed by atoms with Gasteiger partial charge in [0.2, 0.25) is 0 Å². The van der Waals surface area contributed by atoms with Gasteiger partial charge in [0.05, 0.1) is 11.8 Å². The number of carbonyl (C=O) groups is 1. The molecule has 1 rings (SSSR count). The Hall–Kier alpha value is -0.480. The quantitative estimate of drug-likeness (QED) is 0.595. The van der Waals surface area contributed by atoms with Crippen molar-refractivity contribution in [3.63, 3.8) is 0 Å². The van der Waals surface area contributed by atoms with Crippen molar-refractivity contribution in [1.29, 1.82) is 0 Å². The molecule has 16 heavy (non-hydrogen) atoms. The molecule has 0 atom stereocenters. The van der Waals surface area contributed by atoms with Crippen LogP contribution < -0.4 is 0 Å². The van der Waals surface area contributed by atoms with Gasteiger partial charge in [-0.05, 0) is 34.8 Å². The van der Waals surface area contributed by atoms with Crippen molar-refractivity contribution >= 4 is 33.4 Å². The molecular formula is C11H15BrClNO2. The Morgan fingerprint density at radius 1 is 1.50 bits per heavy atom. The minimum Gasteiger partial charge on any atom is -0.457 e. The van der Waals surface area contributed by atoms with Gasteiger partial charge in [-0.2, -0.15) is 0 Å². The molecule has 0 bridgehead atoms. The van der Waals surface area contributed by atoms with E-state index in [1.807, 2.05) is 0 Å². The van der Waals surface area contributed by atoms with Crippen LogP contribution in [0.25, 0.3) is 0 Å². The fourth-order valence-corrected chi connectivity index (χ4v) is 1.97. The molecule has 5 heteroatoms. The normalized spacial score (nSPS) is 10.4. The first-order valence-corrected chi connectivity index (χ1v) is 6.54. The maximum atomic E-state index is 11.9. The Bertz CT molecular complexity index is 340. The molecule has 1 aromatic rings. The molecule has 0 aliphatic carbocycles. The van der Waals surface area contributed by atoms with E-state index in [4.69, 9.17) is 16.0 Å². The van der Waals surface area contributed by atoms with Crippen LogP contribution >= 0.6 is 27.5 Å². The van der Waals surface area contributed by atoms with E-state index in [0.717, 1.165) is 25.8 Å². The van der Waals surface area contributed by atoms with Crippen LogP contribution in [0.3, 0.4) is 0 Å². The second-order valence-corrected chi connectivity index (χ2v) is 4.68. The van der Waals surface area contributed by atoms with Crippen molar-refractivity contribution in [2.24, 2.45) is 0 Å². The lowest BCUT2D eigenvalue weighted by Gasteiger charge is -2.16. The molecule has 0 fully saturated rings. The fraction of sp³-hybridized carbons (Fsp3) is 0.545. The van der Waals surface area contributed by atoms with E-state index in [0.29, 0.717) is 16.1 Å². The van der Waals surface area contributed by atoms with Crippen LogP contribution in [-0.4, -0.2) is 30.3 Å². The number of rotatable bonds is 6. The van der Waals surface area contributed by atoms with Crippen LogP contribution in [-0.2, 0) is 0 Å². The first-order valence-electron chi connectivity index (χ1n) is 5.21. The van der Waals surface area contributed by atoms with E-state index < -0.39 is 0 Å². The summed E-state index contributed by atoms with van der Waals surface area (Å²) in [7, 11) is 1.79. The zero-order valence-electron chi connectivity index (χ0n) is 9.21. The Balaban J connectivity index is 2.40. The molecule has 1 heterocycles. The molecule has 0 aliphatic rings. The van der Waals surface area contributed by atoms with E-state index in [-0.39, 0.29) is 5.91 Å². The summed E-state index contributed by atoms with van der Waals surface area (Å²) in [6.45, 7) is 0.743. The van der Waals surface area contributed by atoms with Crippen LogP contribution in [0.2, 0.25) is 0 Å². The number of alkyl halides is 1. The summed E-state index contributed by atoms with van der Waals surface area (Å²) in [5.74, 6) is 0.664. The number of halogens is 2. The van der Waals surface area contributed by atoms with Crippen LogP contribution in [0.5, 0.6) is 0 Å². The summed E-state index contributed by atoms with van der Waals surface area (Å²) >= 11 is 8.78. The molecule has 0 spiro atoms. The average Bonchev–Trinajstić information content (AvgIpc) is 2.69. The zero-order chi connectivity index (χ0) is 12.0. The fourth-order valence-electron chi connectivity index (χ4n) is 1.37. The number of furan rings is 1. The maximum absolute atomic E-state index is 11.9. The van der Waals surface area contributed by atoms with Crippen molar-refractivity contribution in [1.82, 2.24) is 4.90 Å². The summed E-state index contributed by atoms with van der Waals surface area (Å²) < 4.78 is 5.52. The van der Waals surface area contributed by atoms with Crippen LogP contribution in [0.4, 0.5) is 0 Å². The summed E-state index contributed by atoms with van der Waals surface area (Å²) in [6, 6.07) is 1.67. The molecule has 0 N–H and O–H groups in total. The number of nitrogens with zero attached hydrogens (tertiary/aromatic N) is 1. The van der Waals surface area contributed by atoms with E-state index in [9.17, 15) is 4.79 Å². The molecule has 0 saturated carbocycles. The molecule has 0 aliphatic heterocycles. The van der Waals surface area contributed by atoms with Crippen molar-refractivity contribution < 1.29 is 9.21 Å². The minimum atomic E-state index is -0.0218. The van der Waals surface area contributed by atoms with Crippen LogP contribution in [0.1, 0.15) is 29.6 Å². The van der Waals surface area contributed by atoms with Gasteiger partial charge < -0.3 is 9.32 Å². The van der Waals surface area contributed by atoms with Crippen molar-refractivity contribution in [2.75, 3.05) is 19.5 Å². The molecule has 90 valence electrons. The van der Waals surface area contributed by atoms with E-state index in [1.165, 1.54) is 6.26 Å². The van der Waals surface area contributed by atoms with Crippen LogP contribution in [0, 0.1) is 0 Å². The zero-order valence-corrected chi connectivity index (χ0v) is 11.6. The van der Waals surface area contributed by atoms with Gasteiger partial charge in [0, 0.05) is 19.5 Å². The highest BCUT2D eigenvalue weighted by Gasteiger charge is 2.16. The standard InChI is InChI=1S/C11H15BrClNO2/c1-14(7-4-2-3-6-13)11(15)9-5-8-16-10(9)12/h5,8H,2-4,6-7H2,1H3. The first-order chi connectivity index (χ1) is 7.66. The van der Waals surface area contributed by atoms with E-state index in [1.54, 1.807) is 18.0 Å². The molecule has 1 amide bonds. The van der Waals surface area contributed by atoms with Crippen molar-refractivity contribution in [2.45, 2.75) is 19.3 Å². The molecule has 0 aromatic carbocycles. The average molecular weight is 309 g/mol. The van der Waals surface area contributed by atoms with Gasteiger partial charge in [-0.15, -0.1) is 11.6 Å². The monoisotopic (exact) mass is 307 g/mol. The Labute approximate surface area is 109 Å². The minimum absolute atomic E-state index is 0.0218. The van der Waals surface area contributed by atoms with Gasteiger partial charge in [-0.25, -0.2) is 0 Å². The third-order valence-electron chi connectivity index (χ3n) is 2.32. The maximum Gasteiger partial charge on any atom is 0.258 e. The second kappa shape index (κ2) is 6.97. The number of unbranched alkanes of at least 4 members (excludes halogenated alkanes) is 2. The number of amides is 1. The smallest absolute Gasteiger partial charge is 0.258 e. The Kier molecular flexibility index (Phi) is 5.91.